The van der Waals surface area contributed by atoms with E-state index in [-0.39, 0.29) is 34.0 Å². The third-order valence-electron chi connectivity index (χ3n) is 4.70. The number of aliphatic carboxylic acids is 1. The van der Waals surface area contributed by atoms with E-state index in [0.717, 1.165) is 11.5 Å². The standard InChI is InChI=1S/C17H18N10O5S5/c1-32-25-7(10-22-15(20)37-26-10)11(28)21-8-12(29)27-9(14(30)31)5(2-33-13(8)27)3-34-16-23-24-17(36-16)35-4-6(18)19/h8,13H,2-4H2,1H3,(H3,18,19)(H,21,28)(H,30,31)(H2,20,22,26)/b25-7+/t8-,13-/m1/s1. The lowest BCUT2D eigenvalue weighted by Crippen LogP contribution is -2.71. The molecule has 20 heteroatoms. The fourth-order valence-corrected chi connectivity index (χ4v) is 7.90. The molecule has 37 heavy (non-hydrogen) atoms. The molecule has 2 aliphatic heterocycles. The van der Waals surface area contributed by atoms with Gasteiger partial charge in [-0.2, -0.15) is 9.36 Å². The van der Waals surface area contributed by atoms with Gasteiger partial charge in [-0.15, -0.1) is 22.0 Å². The van der Waals surface area contributed by atoms with Crippen LogP contribution in [0.15, 0.2) is 25.1 Å². The van der Waals surface area contributed by atoms with Crippen LogP contribution in [0.3, 0.4) is 0 Å². The molecule has 0 aromatic carbocycles. The number of nitrogens with two attached hydrogens (primary N) is 2. The summed E-state index contributed by atoms with van der Waals surface area (Å²) >= 11 is 6.11. The number of rotatable bonds is 11. The number of fused-ring (bicyclic) bond motifs is 1. The highest BCUT2D eigenvalue weighted by molar-refractivity contribution is 8.03. The molecule has 0 saturated carbocycles. The zero-order valence-corrected chi connectivity index (χ0v) is 22.8. The maximum absolute atomic E-state index is 12.9. The topological polar surface area (TPSA) is 236 Å². The Hall–Kier alpha value is -2.94. The molecule has 2 atom stereocenters. The Morgan fingerprint density at radius 1 is 1.35 bits per heavy atom. The van der Waals surface area contributed by atoms with Gasteiger partial charge in [0.1, 0.15) is 30.1 Å². The number of hydrogen-bond acceptors (Lipinski definition) is 16. The maximum atomic E-state index is 12.9. The lowest BCUT2D eigenvalue weighted by atomic mass is 10.0. The van der Waals surface area contributed by atoms with Crippen LogP contribution < -0.4 is 16.8 Å². The lowest BCUT2D eigenvalue weighted by molar-refractivity contribution is -0.150. The Morgan fingerprint density at radius 2 is 2.08 bits per heavy atom. The molecule has 2 aliphatic rings. The Labute approximate surface area is 229 Å². The highest BCUT2D eigenvalue weighted by Gasteiger charge is 2.54. The molecular formula is C17H18N10O5S5. The first-order valence-electron chi connectivity index (χ1n) is 10.0. The number of β-lactam (4-membered cyclic amide) rings is 1. The normalized spacial score (nSPS) is 19.3. The van der Waals surface area contributed by atoms with E-state index in [2.05, 4.69) is 30.0 Å². The van der Waals surface area contributed by atoms with E-state index in [1.807, 2.05) is 0 Å². The minimum Gasteiger partial charge on any atom is -0.477 e. The number of nitrogens with one attached hydrogen (secondary N) is 2. The quantitative estimate of drug-likeness (QED) is 0.0741. The van der Waals surface area contributed by atoms with Gasteiger partial charge in [-0.3, -0.25) is 19.9 Å². The van der Waals surface area contributed by atoms with Gasteiger partial charge in [0.05, 0.1) is 5.75 Å². The molecule has 0 spiro atoms. The van der Waals surface area contributed by atoms with Gasteiger partial charge in [-0.1, -0.05) is 40.0 Å². The highest BCUT2D eigenvalue weighted by Crippen LogP contribution is 2.42. The number of carbonyl (C=O) groups is 3. The van der Waals surface area contributed by atoms with Crippen LogP contribution in [0.2, 0.25) is 0 Å². The van der Waals surface area contributed by atoms with Crippen LogP contribution in [0.1, 0.15) is 5.82 Å². The van der Waals surface area contributed by atoms with Gasteiger partial charge >= 0.3 is 5.97 Å². The van der Waals surface area contributed by atoms with Crippen molar-refractivity contribution in [2.75, 3.05) is 30.1 Å². The summed E-state index contributed by atoms with van der Waals surface area (Å²) in [7, 11) is 1.24. The molecule has 4 rings (SSSR count). The third-order valence-corrected chi connectivity index (χ3v) is 9.90. The van der Waals surface area contributed by atoms with Crippen molar-refractivity contribution in [1.82, 2.24) is 29.8 Å². The number of aromatic nitrogens is 4. The van der Waals surface area contributed by atoms with Crippen LogP contribution in [0, 0.1) is 5.41 Å². The van der Waals surface area contributed by atoms with Crippen LogP contribution in [0.4, 0.5) is 5.13 Å². The molecule has 0 unspecified atom stereocenters. The predicted molar refractivity (Wildman–Crippen MR) is 141 cm³/mol. The summed E-state index contributed by atoms with van der Waals surface area (Å²) in [5, 5.41) is 31.0. The molecule has 196 valence electrons. The average Bonchev–Trinajstić information content (AvgIpc) is 3.50. The zero-order valence-electron chi connectivity index (χ0n) is 18.7. The molecule has 1 saturated heterocycles. The van der Waals surface area contributed by atoms with Crippen molar-refractivity contribution >= 4 is 92.6 Å². The number of carboxylic acid groups (broad SMARTS) is 1. The Morgan fingerprint density at radius 3 is 2.70 bits per heavy atom. The number of carbonyl (C=O) groups excluding carboxylic acids is 2. The molecule has 0 radical (unpaired) electrons. The van der Waals surface area contributed by atoms with Crippen molar-refractivity contribution in [3.05, 3.63) is 17.1 Å². The number of carboxylic acids is 1. The van der Waals surface area contributed by atoms with Gasteiger partial charge in [-0.25, -0.2) is 4.79 Å². The summed E-state index contributed by atoms with van der Waals surface area (Å²) < 4.78 is 5.21. The van der Waals surface area contributed by atoms with Crippen molar-refractivity contribution in [1.29, 1.82) is 5.41 Å². The van der Waals surface area contributed by atoms with Crippen molar-refractivity contribution in [2.24, 2.45) is 10.9 Å². The zero-order chi connectivity index (χ0) is 26.7. The van der Waals surface area contributed by atoms with E-state index in [9.17, 15) is 19.5 Å². The molecule has 15 nitrogen and oxygen atoms in total. The molecule has 0 aliphatic carbocycles. The predicted octanol–water partition coefficient (Wildman–Crippen LogP) is -0.119. The van der Waals surface area contributed by atoms with Crippen molar-refractivity contribution in [3.8, 4) is 0 Å². The largest absolute Gasteiger partial charge is 0.477 e. The van der Waals surface area contributed by atoms with Gasteiger partial charge in [0, 0.05) is 23.0 Å². The van der Waals surface area contributed by atoms with Crippen LogP contribution >= 0.6 is 58.2 Å². The van der Waals surface area contributed by atoms with Gasteiger partial charge in [-0.05, 0) is 5.57 Å². The monoisotopic (exact) mass is 602 g/mol. The van der Waals surface area contributed by atoms with Crippen molar-refractivity contribution < 1.29 is 24.3 Å². The summed E-state index contributed by atoms with van der Waals surface area (Å²) in [6.07, 6.45) is 0. The van der Waals surface area contributed by atoms with E-state index in [1.165, 1.54) is 58.6 Å². The van der Waals surface area contributed by atoms with E-state index in [4.69, 9.17) is 21.7 Å². The highest BCUT2D eigenvalue weighted by atomic mass is 32.2. The molecule has 1 fully saturated rings. The second kappa shape index (κ2) is 11.6. The summed E-state index contributed by atoms with van der Waals surface area (Å²) in [5.74, 6) is -1.65. The lowest BCUT2D eigenvalue weighted by Gasteiger charge is -2.49. The number of nitrogen functional groups attached to an aromatic ring is 1. The molecule has 2 amide bonds. The van der Waals surface area contributed by atoms with Gasteiger partial charge in [0.25, 0.3) is 11.8 Å². The number of amidine groups is 1. The van der Waals surface area contributed by atoms with E-state index < -0.39 is 29.2 Å². The average molecular weight is 603 g/mol. The van der Waals surface area contributed by atoms with Crippen LogP contribution in [-0.2, 0) is 19.2 Å². The minimum absolute atomic E-state index is 0.0276. The number of hydrogen-bond donors (Lipinski definition) is 5. The summed E-state index contributed by atoms with van der Waals surface area (Å²) in [4.78, 5) is 47.6. The van der Waals surface area contributed by atoms with E-state index in [1.54, 1.807) is 0 Å². The molecule has 4 heterocycles. The first kappa shape index (κ1) is 27.1. The molecule has 7 N–H and O–H groups in total. The number of nitrogens with zero attached hydrogens (tertiary/aromatic N) is 6. The van der Waals surface area contributed by atoms with E-state index >= 15 is 0 Å². The third kappa shape index (κ3) is 5.98. The first-order chi connectivity index (χ1) is 17.7. The molecule has 2 aromatic heterocycles. The number of oxime groups is 1. The Kier molecular flexibility index (Phi) is 8.52. The number of thioether (sulfide) groups is 3. The van der Waals surface area contributed by atoms with Crippen molar-refractivity contribution in [2.45, 2.75) is 20.1 Å². The summed E-state index contributed by atoms with van der Waals surface area (Å²) in [6, 6.07) is -0.969. The van der Waals surface area contributed by atoms with Crippen LogP contribution in [0.5, 0.6) is 0 Å². The van der Waals surface area contributed by atoms with Gasteiger partial charge in [0.2, 0.25) is 11.5 Å². The van der Waals surface area contributed by atoms with Crippen LogP contribution in [0.25, 0.3) is 0 Å². The summed E-state index contributed by atoms with van der Waals surface area (Å²) in [5.41, 5.74) is 11.1. The smallest absolute Gasteiger partial charge is 0.352 e. The van der Waals surface area contributed by atoms with E-state index in [0.29, 0.717) is 25.8 Å². The SMILES string of the molecule is CO/N=C(/C(=O)N[C@@H]1C(=O)N2C(C(=O)O)=C(CSc3nnc(SCC(=N)N)s3)CS[C@H]12)c1nsc(N)n1. The fraction of sp³-hybridized carbons (Fsp3) is 0.353. The van der Waals surface area contributed by atoms with Gasteiger partial charge < -0.3 is 26.7 Å². The minimum atomic E-state index is -1.24. The second-order valence-electron chi connectivity index (χ2n) is 7.13. The van der Waals surface area contributed by atoms with Gasteiger partial charge in [0.15, 0.2) is 13.8 Å². The fourth-order valence-electron chi connectivity index (χ4n) is 3.21. The molecule has 0 bridgehead atoms. The summed E-state index contributed by atoms with van der Waals surface area (Å²) in [6.45, 7) is 0. The Balaban J connectivity index is 1.43. The molecular weight excluding hydrogens is 585 g/mol. The second-order valence-corrected chi connectivity index (χ2v) is 12.4. The number of anilines is 1. The number of amides is 2. The first-order valence-corrected chi connectivity index (χ1v) is 14.6. The maximum Gasteiger partial charge on any atom is 0.352 e. The van der Waals surface area contributed by atoms with Crippen LogP contribution in [-0.4, -0.2) is 94.7 Å². The Bertz CT molecular complexity index is 1310. The van der Waals surface area contributed by atoms with Crippen molar-refractivity contribution in [3.63, 3.8) is 0 Å². The molecule has 2 aromatic rings.